The summed E-state index contributed by atoms with van der Waals surface area (Å²) in [6, 6.07) is 9.97. The molecule has 152 valence electrons. The van der Waals surface area contributed by atoms with Gasteiger partial charge in [-0.3, -0.25) is 0 Å². The first-order valence-corrected chi connectivity index (χ1v) is 14.3. The summed E-state index contributed by atoms with van der Waals surface area (Å²) in [5, 5.41) is 11.0. The molecule has 0 aromatic heterocycles. The molecule has 3 nitrogen and oxygen atoms in total. The zero-order valence-electron chi connectivity index (χ0n) is 17.5. The molecule has 0 saturated heterocycles. The maximum absolute atomic E-state index is 13.2. The molecule has 1 aliphatic carbocycles. The van der Waals surface area contributed by atoms with E-state index < -0.39 is 13.7 Å². The van der Waals surface area contributed by atoms with Gasteiger partial charge in [0.1, 0.15) is 11.4 Å². The second-order valence-electron chi connectivity index (χ2n) is 9.49. The number of hydrogen-bond donors (Lipinski definition) is 1. The minimum absolute atomic E-state index is 0.228. The fourth-order valence-electron chi connectivity index (χ4n) is 4.36. The van der Waals surface area contributed by atoms with Crippen molar-refractivity contribution < 1.29 is 14.6 Å². The maximum atomic E-state index is 13.2. The molecule has 1 spiro atoms. The van der Waals surface area contributed by atoms with Crippen molar-refractivity contribution in [1.29, 1.82) is 0 Å². The molecular formula is C24H34O3Si. The maximum Gasteiger partial charge on any atom is 0.338 e. The second-order valence-corrected chi connectivity index (χ2v) is 14.6. The quantitative estimate of drug-likeness (QED) is 0.468. The molecule has 1 unspecified atom stereocenters. The number of esters is 1. The molecule has 28 heavy (non-hydrogen) atoms. The monoisotopic (exact) mass is 398 g/mol. The van der Waals surface area contributed by atoms with E-state index in [9.17, 15) is 9.90 Å². The lowest BCUT2D eigenvalue weighted by atomic mass is 9.79. The summed E-state index contributed by atoms with van der Waals surface area (Å²) in [5.74, 6) is -0.365. The number of allylic oxidation sites excluding steroid dienone is 1. The van der Waals surface area contributed by atoms with Crippen LogP contribution in [0.4, 0.5) is 0 Å². The third-order valence-electron chi connectivity index (χ3n) is 5.85. The topological polar surface area (TPSA) is 46.5 Å². The number of aliphatic hydroxyl groups is 1. The number of ether oxygens (including phenoxy) is 1. The van der Waals surface area contributed by atoms with Crippen LogP contribution in [0.3, 0.4) is 0 Å². The first-order valence-electron chi connectivity index (χ1n) is 10.7. The molecule has 1 aromatic carbocycles. The molecule has 0 bridgehead atoms. The second kappa shape index (κ2) is 8.69. The Bertz CT molecular complexity index is 735. The van der Waals surface area contributed by atoms with Crippen LogP contribution >= 0.6 is 0 Å². The van der Waals surface area contributed by atoms with E-state index in [1.54, 1.807) is 0 Å². The zero-order chi connectivity index (χ0) is 20.2. The lowest BCUT2D eigenvalue weighted by Crippen LogP contribution is -2.41. The van der Waals surface area contributed by atoms with Gasteiger partial charge in [-0.15, -0.1) is 0 Å². The Hall–Kier alpha value is -1.81. The van der Waals surface area contributed by atoms with Gasteiger partial charge in [-0.2, -0.15) is 0 Å². The van der Waals surface area contributed by atoms with Crippen molar-refractivity contribution in [3.05, 3.63) is 59.0 Å². The molecule has 4 heteroatoms. The minimum atomic E-state index is -1.45. The fourth-order valence-corrected chi connectivity index (χ4v) is 5.13. The molecule has 1 heterocycles. The van der Waals surface area contributed by atoms with Gasteiger partial charge >= 0.3 is 5.97 Å². The third-order valence-corrected chi connectivity index (χ3v) is 7.05. The van der Waals surface area contributed by atoms with Gasteiger partial charge in [0.05, 0.1) is 13.6 Å². The summed E-state index contributed by atoms with van der Waals surface area (Å²) >= 11 is 0. The van der Waals surface area contributed by atoms with Crippen molar-refractivity contribution >= 4 is 14.0 Å². The van der Waals surface area contributed by atoms with Gasteiger partial charge in [0, 0.05) is 12.3 Å². The minimum Gasteiger partial charge on any atom is -0.512 e. The van der Waals surface area contributed by atoms with Crippen molar-refractivity contribution in [2.75, 3.05) is 0 Å². The highest BCUT2D eigenvalue weighted by Gasteiger charge is 2.43. The van der Waals surface area contributed by atoms with E-state index in [-0.39, 0.29) is 17.6 Å². The van der Waals surface area contributed by atoms with Gasteiger partial charge in [-0.25, -0.2) is 4.79 Å². The summed E-state index contributed by atoms with van der Waals surface area (Å²) in [5.41, 5.74) is 3.19. The Kier molecular flexibility index (Phi) is 6.49. The molecule has 2 aliphatic rings. The summed E-state index contributed by atoms with van der Waals surface area (Å²) in [6.07, 6.45) is 10.0. The SMILES string of the molecule is C[Si](C)(C)/C=C/C(C1=C(O)CC2(CCCCCCC2)OC1=O)c1ccccc1. The number of aliphatic hydroxyl groups excluding tert-OH is 1. The molecule has 1 atom stereocenters. The van der Waals surface area contributed by atoms with Crippen molar-refractivity contribution in [1.82, 2.24) is 0 Å². The summed E-state index contributed by atoms with van der Waals surface area (Å²) < 4.78 is 6.09. The molecule has 1 aliphatic heterocycles. The van der Waals surface area contributed by atoms with Gasteiger partial charge in [0.15, 0.2) is 0 Å². The largest absolute Gasteiger partial charge is 0.512 e. The average Bonchev–Trinajstić information content (AvgIpc) is 2.61. The van der Waals surface area contributed by atoms with E-state index in [4.69, 9.17) is 4.74 Å². The van der Waals surface area contributed by atoms with Gasteiger partial charge in [0.2, 0.25) is 0 Å². The Morgan fingerprint density at radius 1 is 1.04 bits per heavy atom. The predicted octanol–water partition coefficient (Wildman–Crippen LogP) is 6.45. The molecule has 1 saturated carbocycles. The Labute approximate surface area is 170 Å². The van der Waals surface area contributed by atoms with Crippen LogP contribution in [0.1, 0.15) is 62.8 Å². The molecular weight excluding hydrogens is 364 g/mol. The average molecular weight is 399 g/mol. The number of rotatable bonds is 4. The molecule has 1 aromatic rings. The van der Waals surface area contributed by atoms with E-state index in [1.165, 1.54) is 19.3 Å². The third kappa shape index (κ3) is 5.16. The van der Waals surface area contributed by atoms with Crippen molar-refractivity contribution in [3.8, 4) is 0 Å². The molecule has 0 radical (unpaired) electrons. The van der Waals surface area contributed by atoms with Crippen LogP contribution in [0.25, 0.3) is 0 Å². The van der Waals surface area contributed by atoms with Crippen LogP contribution in [0.15, 0.2) is 53.4 Å². The van der Waals surface area contributed by atoms with Crippen LogP contribution in [0, 0.1) is 0 Å². The standard InChI is InChI=1S/C24H34O3Si/c1-28(2,3)17-14-20(19-12-8-7-9-13-19)22-21(25)18-24(27-23(22)26)15-10-5-4-6-11-16-24/h7-9,12-14,17,20,25H,4-6,10-11,15-16,18H2,1-3H3/b17-14+. The van der Waals surface area contributed by atoms with E-state index in [1.807, 2.05) is 30.3 Å². The number of carbonyl (C=O) groups is 1. The van der Waals surface area contributed by atoms with Gasteiger partial charge < -0.3 is 9.84 Å². The van der Waals surface area contributed by atoms with Gasteiger partial charge in [-0.1, -0.05) is 81.0 Å². The van der Waals surface area contributed by atoms with Crippen LogP contribution in [-0.4, -0.2) is 24.8 Å². The van der Waals surface area contributed by atoms with Crippen LogP contribution < -0.4 is 0 Å². The Morgan fingerprint density at radius 3 is 2.21 bits per heavy atom. The highest BCUT2D eigenvalue weighted by atomic mass is 28.3. The first kappa shape index (κ1) is 20.9. The van der Waals surface area contributed by atoms with E-state index in [0.29, 0.717) is 12.0 Å². The van der Waals surface area contributed by atoms with Crippen molar-refractivity contribution in [3.63, 3.8) is 0 Å². The smallest absolute Gasteiger partial charge is 0.338 e. The number of benzene rings is 1. The van der Waals surface area contributed by atoms with E-state index in [0.717, 1.165) is 31.2 Å². The van der Waals surface area contributed by atoms with E-state index >= 15 is 0 Å². The Balaban J connectivity index is 1.96. The number of hydrogen-bond acceptors (Lipinski definition) is 3. The highest BCUT2D eigenvalue weighted by Crippen LogP contribution is 2.42. The normalized spacial score (nSPS) is 22.0. The summed E-state index contributed by atoms with van der Waals surface area (Å²) in [7, 11) is -1.45. The van der Waals surface area contributed by atoms with Gasteiger partial charge in [0.25, 0.3) is 0 Å². The van der Waals surface area contributed by atoms with Crippen LogP contribution in [-0.2, 0) is 9.53 Å². The lowest BCUT2D eigenvalue weighted by Gasteiger charge is -2.39. The van der Waals surface area contributed by atoms with Crippen molar-refractivity contribution in [2.45, 2.75) is 82.5 Å². The number of carbonyl (C=O) groups excluding carboxylic acids is 1. The Morgan fingerprint density at radius 2 is 1.64 bits per heavy atom. The van der Waals surface area contributed by atoms with Crippen LogP contribution in [0.5, 0.6) is 0 Å². The molecule has 1 fully saturated rings. The molecule has 1 N–H and O–H groups in total. The summed E-state index contributed by atoms with van der Waals surface area (Å²) in [4.78, 5) is 13.2. The first-order chi connectivity index (χ1) is 13.3. The highest BCUT2D eigenvalue weighted by molar-refractivity contribution is 6.80. The lowest BCUT2D eigenvalue weighted by molar-refractivity contribution is -0.161. The molecule has 0 amide bonds. The van der Waals surface area contributed by atoms with Gasteiger partial charge in [-0.05, 0) is 31.2 Å². The fraction of sp³-hybridized carbons (Fsp3) is 0.542. The zero-order valence-corrected chi connectivity index (χ0v) is 18.5. The predicted molar refractivity (Wildman–Crippen MR) is 117 cm³/mol. The van der Waals surface area contributed by atoms with Crippen molar-refractivity contribution in [2.24, 2.45) is 0 Å². The molecule has 3 rings (SSSR count). The summed E-state index contributed by atoms with van der Waals surface area (Å²) in [6.45, 7) is 6.80. The van der Waals surface area contributed by atoms with Crippen LogP contribution in [0.2, 0.25) is 19.6 Å². The van der Waals surface area contributed by atoms with E-state index in [2.05, 4.69) is 31.4 Å².